The van der Waals surface area contributed by atoms with Gasteiger partial charge >= 0.3 is 0 Å². The summed E-state index contributed by atoms with van der Waals surface area (Å²) in [6.07, 6.45) is 3.98. The van der Waals surface area contributed by atoms with Crippen LogP contribution in [0.5, 0.6) is 0 Å². The van der Waals surface area contributed by atoms with Crippen molar-refractivity contribution in [2.45, 2.75) is 52.1 Å². The van der Waals surface area contributed by atoms with Crippen LogP contribution in [-0.2, 0) is 23.1 Å². The molecule has 1 aromatic rings. The zero-order valence-corrected chi connectivity index (χ0v) is 15.7. The van der Waals surface area contributed by atoms with Crippen LogP contribution in [0.2, 0.25) is 0 Å². The first-order chi connectivity index (χ1) is 12.1. The van der Waals surface area contributed by atoms with Crippen molar-refractivity contribution < 1.29 is 9.53 Å². The Balaban J connectivity index is 1.59. The number of hydrogen-bond acceptors (Lipinski definition) is 5. The molecule has 7 heteroatoms. The number of hydrogen-bond donors (Lipinski definition) is 1. The molecule has 2 aliphatic rings. The largest absolute Gasteiger partial charge is 0.381 e. The van der Waals surface area contributed by atoms with Crippen molar-refractivity contribution in [2.75, 3.05) is 26.3 Å². The third-order valence-electron chi connectivity index (χ3n) is 5.64. The Labute approximate surface area is 150 Å². The number of rotatable bonds is 6. The van der Waals surface area contributed by atoms with Crippen LogP contribution in [0, 0.1) is 18.8 Å². The molecular formula is C18H31N5O2. The summed E-state index contributed by atoms with van der Waals surface area (Å²) in [6.45, 7) is 8.30. The maximum Gasteiger partial charge on any atom is 0.223 e. The molecular weight excluding hydrogens is 318 g/mol. The van der Waals surface area contributed by atoms with Gasteiger partial charge in [-0.1, -0.05) is 13.3 Å². The van der Waals surface area contributed by atoms with Gasteiger partial charge < -0.3 is 14.6 Å². The lowest BCUT2D eigenvalue weighted by molar-refractivity contribution is -0.128. The molecule has 0 bridgehead atoms. The van der Waals surface area contributed by atoms with Crippen molar-refractivity contribution in [3.63, 3.8) is 0 Å². The summed E-state index contributed by atoms with van der Waals surface area (Å²) in [6, 6.07) is 0.240. The average molecular weight is 349 g/mol. The molecule has 0 spiro atoms. The van der Waals surface area contributed by atoms with E-state index in [1.807, 2.05) is 18.5 Å². The Morgan fingerprint density at radius 3 is 2.68 bits per heavy atom. The summed E-state index contributed by atoms with van der Waals surface area (Å²) in [5.41, 5.74) is 0. The molecule has 1 N–H and O–H groups in total. The van der Waals surface area contributed by atoms with Gasteiger partial charge in [-0.15, -0.1) is 10.2 Å². The van der Waals surface area contributed by atoms with Gasteiger partial charge in [0.1, 0.15) is 11.6 Å². The first-order valence-electron chi connectivity index (χ1n) is 9.53. The summed E-state index contributed by atoms with van der Waals surface area (Å²) in [7, 11) is 2.01. The fourth-order valence-corrected chi connectivity index (χ4v) is 3.97. The molecule has 2 saturated heterocycles. The standard InChI is InChI=1S/C18H31N5O2/c1-4-5-15-10-23(12-17-21-20-13(2)22(17)3)11-16(15)19-18(24)14-6-8-25-9-7-14/h14-16H,4-12H2,1-3H3,(H,19,24)/t15-,16-/m1/s1. The van der Waals surface area contributed by atoms with Crippen molar-refractivity contribution in [3.05, 3.63) is 11.6 Å². The molecule has 3 heterocycles. The topological polar surface area (TPSA) is 72.3 Å². The number of ether oxygens (including phenoxy) is 1. The monoisotopic (exact) mass is 349 g/mol. The molecule has 1 aromatic heterocycles. The van der Waals surface area contributed by atoms with Gasteiger partial charge in [-0.3, -0.25) is 9.69 Å². The maximum absolute atomic E-state index is 12.6. The Hall–Kier alpha value is -1.47. The highest BCUT2D eigenvalue weighted by Crippen LogP contribution is 2.24. The molecule has 140 valence electrons. The van der Waals surface area contributed by atoms with Gasteiger partial charge in [0.05, 0.1) is 6.54 Å². The van der Waals surface area contributed by atoms with Crippen molar-refractivity contribution in [1.29, 1.82) is 0 Å². The Kier molecular flexibility index (Phi) is 6.06. The maximum atomic E-state index is 12.6. The predicted molar refractivity (Wildman–Crippen MR) is 94.9 cm³/mol. The van der Waals surface area contributed by atoms with Crippen molar-refractivity contribution in [3.8, 4) is 0 Å². The van der Waals surface area contributed by atoms with Crippen LogP contribution in [0.1, 0.15) is 44.3 Å². The highest BCUT2D eigenvalue weighted by Gasteiger charge is 2.35. The second-order valence-electron chi connectivity index (χ2n) is 7.47. The lowest BCUT2D eigenvalue weighted by Gasteiger charge is -2.25. The van der Waals surface area contributed by atoms with E-state index in [-0.39, 0.29) is 17.9 Å². The van der Waals surface area contributed by atoms with Crippen molar-refractivity contribution >= 4 is 5.91 Å². The van der Waals surface area contributed by atoms with E-state index in [1.54, 1.807) is 0 Å². The highest BCUT2D eigenvalue weighted by atomic mass is 16.5. The molecule has 2 atom stereocenters. The molecule has 0 saturated carbocycles. The SMILES string of the molecule is CCC[C@@H]1CN(Cc2nnc(C)n2C)C[C@H]1NC(=O)C1CCOCC1. The molecule has 7 nitrogen and oxygen atoms in total. The highest BCUT2D eigenvalue weighted by molar-refractivity contribution is 5.79. The molecule has 0 aliphatic carbocycles. The summed E-state index contributed by atoms with van der Waals surface area (Å²) >= 11 is 0. The van der Waals surface area contributed by atoms with Gasteiger partial charge in [0.2, 0.25) is 5.91 Å². The fraction of sp³-hybridized carbons (Fsp3) is 0.833. The lowest BCUT2D eigenvalue weighted by Crippen LogP contribution is -2.44. The summed E-state index contributed by atoms with van der Waals surface area (Å²) in [5.74, 6) is 2.77. The average Bonchev–Trinajstić information content (AvgIpc) is 3.14. The summed E-state index contributed by atoms with van der Waals surface area (Å²) in [4.78, 5) is 15.0. The van der Waals surface area contributed by atoms with E-state index >= 15 is 0 Å². The molecule has 0 radical (unpaired) electrons. The minimum Gasteiger partial charge on any atom is -0.381 e. The van der Waals surface area contributed by atoms with Crippen LogP contribution in [0.25, 0.3) is 0 Å². The van der Waals surface area contributed by atoms with Gasteiger partial charge in [-0.25, -0.2) is 0 Å². The summed E-state index contributed by atoms with van der Waals surface area (Å²) in [5, 5.41) is 11.8. The number of aromatic nitrogens is 3. The Morgan fingerprint density at radius 2 is 2.04 bits per heavy atom. The second kappa shape index (κ2) is 8.27. The van der Waals surface area contributed by atoms with Crippen molar-refractivity contribution in [2.24, 2.45) is 18.9 Å². The molecule has 2 fully saturated rings. The van der Waals surface area contributed by atoms with E-state index in [0.717, 1.165) is 57.0 Å². The Bertz CT molecular complexity index is 582. The van der Waals surface area contributed by atoms with Gasteiger partial charge in [0.15, 0.2) is 0 Å². The fourth-order valence-electron chi connectivity index (χ4n) is 3.97. The quantitative estimate of drug-likeness (QED) is 0.837. The number of likely N-dealkylation sites (tertiary alicyclic amines) is 1. The van der Waals surface area contributed by atoms with E-state index < -0.39 is 0 Å². The number of nitrogens with zero attached hydrogens (tertiary/aromatic N) is 4. The minimum atomic E-state index is 0.117. The van der Waals surface area contributed by atoms with E-state index in [9.17, 15) is 4.79 Å². The van der Waals surface area contributed by atoms with Crippen LogP contribution in [0.15, 0.2) is 0 Å². The zero-order chi connectivity index (χ0) is 17.8. The van der Waals surface area contributed by atoms with Crippen LogP contribution >= 0.6 is 0 Å². The van der Waals surface area contributed by atoms with E-state index in [2.05, 4.69) is 27.3 Å². The Morgan fingerprint density at radius 1 is 1.28 bits per heavy atom. The second-order valence-corrected chi connectivity index (χ2v) is 7.47. The molecule has 3 rings (SSSR count). The van der Waals surface area contributed by atoms with Gasteiger partial charge in [0, 0.05) is 45.3 Å². The third kappa shape index (κ3) is 4.39. The predicted octanol–water partition coefficient (Wildman–Crippen LogP) is 1.27. The van der Waals surface area contributed by atoms with E-state index in [4.69, 9.17) is 4.74 Å². The third-order valence-corrected chi connectivity index (χ3v) is 5.64. The number of aryl methyl sites for hydroxylation is 1. The zero-order valence-electron chi connectivity index (χ0n) is 15.7. The van der Waals surface area contributed by atoms with Gasteiger partial charge in [-0.05, 0) is 32.1 Å². The van der Waals surface area contributed by atoms with Gasteiger partial charge in [-0.2, -0.15) is 0 Å². The van der Waals surface area contributed by atoms with E-state index in [0.29, 0.717) is 19.1 Å². The molecule has 2 aliphatic heterocycles. The molecule has 0 unspecified atom stereocenters. The first-order valence-corrected chi connectivity index (χ1v) is 9.53. The minimum absolute atomic E-state index is 0.117. The van der Waals surface area contributed by atoms with E-state index in [1.165, 1.54) is 0 Å². The van der Waals surface area contributed by atoms with Crippen molar-refractivity contribution in [1.82, 2.24) is 25.0 Å². The molecule has 1 amide bonds. The number of nitrogens with one attached hydrogen (secondary N) is 1. The smallest absolute Gasteiger partial charge is 0.223 e. The van der Waals surface area contributed by atoms with Crippen LogP contribution in [-0.4, -0.2) is 57.9 Å². The number of amides is 1. The van der Waals surface area contributed by atoms with Gasteiger partial charge in [0.25, 0.3) is 0 Å². The number of carbonyl (C=O) groups excluding carboxylic acids is 1. The molecule has 0 aromatic carbocycles. The van der Waals surface area contributed by atoms with Crippen LogP contribution in [0.4, 0.5) is 0 Å². The molecule has 25 heavy (non-hydrogen) atoms. The number of carbonyl (C=O) groups is 1. The van der Waals surface area contributed by atoms with Crippen LogP contribution in [0.3, 0.4) is 0 Å². The summed E-state index contributed by atoms with van der Waals surface area (Å²) < 4.78 is 7.42. The normalized spacial score (nSPS) is 25.4. The lowest BCUT2D eigenvalue weighted by atomic mass is 9.95. The first kappa shape index (κ1) is 18.3. The van der Waals surface area contributed by atoms with Crippen LogP contribution < -0.4 is 5.32 Å².